The Morgan fingerprint density at radius 1 is 1.15 bits per heavy atom. The maximum absolute atomic E-state index is 11.6. The number of benzene rings is 1. The molecule has 0 radical (unpaired) electrons. The zero-order valence-corrected chi connectivity index (χ0v) is 13.6. The Kier molecular flexibility index (Phi) is 7.24. The molecule has 1 unspecified atom stereocenters. The lowest BCUT2D eigenvalue weighted by Gasteiger charge is -2.19. The van der Waals surface area contributed by atoms with Gasteiger partial charge in [-0.2, -0.15) is 0 Å². The van der Waals surface area contributed by atoms with Crippen molar-refractivity contribution in [1.29, 1.82) is 0 Å². The molecule has 0 saturated carbocycles. The van der Waals surface area contributed by atoms with Crippen LogP contribution in [0.3, 0.4) is 0 Å². The first-order valence-electron chi connectivity index (χ1n) is 7.43. The Morgan fingerprint density at radius 2 is 1.80 bits per heavy atom. The quantitative estimate of drug-likeness (QED) is 0.762. The van der Waals surface area contributed by atoms with Crippen LogP contribution in [0.25, 0.3) is 0 Å². The first kappa shape index (κ1) is 17.2. The SMILES string of the molecule is CCS(=O)(=O)CCCC(CNC(C)C)c1ccccc1. The van der Waals surface area contributed by atoms with E-state index in [9.17, 15) is 8.42 Å². The fraction of sp³-hybridized carbons (Fsp3) is 0.625. The van der Waals surface area contributed by atoms with E-state index in [1.165, 1.54) is 5.56 Å². The average Bonchev–Trinajstić information content (AvgIpc) is 2.43. The van der Waals surface area contributed by atoms with Crippen molar-refractivity contribution in [1.82, 2.24) is 5.32 Å². The van der Waals surface area contributed by atoms with Crippen molar-refractivity contribution >= 4 is 9.84 Å². The predicted octanol–water partition coefficient (Wildman–Crippen LogP) is 2.98. The van der Waals surface area contributed by atoms with Crippen LogP contribution in [-0.4, -0.2) is 32.5 Å². The van der Waals surface area contributed by atoms with Gasteiger partial charge in [-0.1, -0.05) is 51.1 Å². The summed E-state index contributed by atoms with van der Waals surface area (Å²) in [6.45, 7) is 6.87. The van der Waals surface area contributed by atoms with Crippen molar-refractivity contribution in [3.63, 3.8) is 0 Å². The molecule has 0 heterocycles. The Balaban J connectivity index is 2.59. The minimum absolute atomic E-state index is 0.243. The van der Waals surface area contributed by atoms with Gasteiger partial charge in [0.1, 0.15) is 9.84 Å². The zero-order valence-electron chi connectivity index (χ0n) is 12.8. The first-order chi connectivity index (χ1) is 9.44. The Morgan fingerprint density at radius 3 is 2.35 bits per heavy atom. The van der Waals surface area contributed by atoms with Gasteiger partial charge in [-0.25, -0.2) is 8.42 Å². The summed E-state index contributed by atoms with van der Waals surface area (Å²) in [5.41, 5.74) is 1.29. The van der Waals surface area contributed by atoms with Crippen molar-refractivity contribution < 1.29 is 8.42 Å². The van der Waals surface area contributed by atoms with Gasteiger partial charge >= 0.3 is 0 Å². The molecule has 1 rings (SSSR count). The average molecular weight is 297 g/mol. The smallest absolute Gasteiger partial charge is 0.150 e. The van der Waals surface area contributed by atoms with Gasteiger partial charge in [0.2, 0.25) is 0 Å². The molecular weight excluding hydrogens is 270 g/mol. The second-order valence-corrected chi connectivity index (χ2v) is 8.02. The fourth-order valence-electron chi connectivity index (χ4n) is 2.18. The van der Waals surface area contributed by atoms with E-state index in [1.807, 2.05) is 18.2 Å². The molecule has 4 heteroatoms. The van der Waals surface area contributed by atoms with E-state index in [0.717, 1.165) is 19.4 Å². The van der Waals surface area contributed by atoms with Gasteiger partial charge in [-0.05, 0) is 24.3 Å². The van der Waals surface area contributed by atoms with Gasteiger partial charge in [0, 0.05) is 18.3 Å². The largest absolute Gasteiger partial charge is 0.314 e. The summed E-state index contributed by atoms with van der Waals surface area (Å²) >= 11 is 0. The van der Waals surface area contributed by atoms with Crippen LogP contribution in [0.5, 0.6) is 0 Å². The topological polar surface area (TPSA) is 46.2 Å². The highest BCUT2D eigenvalue weighted by atomic mass is 32.2. The molecule has 0 spiro atoms. The van der Waals surface area contributed by atoms with E-state index in [1.54, 1.807) is 6.92 Å². The highest BCUT2D eigenvalue weighted by molar-refractivity contribution is 7.91. The summed E-state index contributed by atoms with van der Waals surface area (Å²) in [5.74, 6) is 0.924. The highest BCUT2D eigenvalue weighted by Crippen LogP contribution is 2.21. The summed E-state index contributed by atoms with van der Waals surface area (Å²) < 4.78 is 23.1. The van der Waals surface area contributed by atoms with E-state index in [-0.39, 0.29) is 5.75 Å². The summed E-state index contributed by atoms with van der Waals surface area (Å²) in [5, 5.41) is 3.46. The molecule has 1 N–H and O–H groups in total. The Bertz CT molecular complexity index is 469. The van der Waals surface area contributed by atoms with Crippen molar-refractivity contribution in [3.05, 3.63) is 35.9 Å². The van der Waals surface area contributed by atoms with E-state index in [4.69, 9.17) is 0 Å². The molecule has 0 aliphatic heterocycles. The Labute approximate surface area is 123 Å². The molecule has 114 valence electrons. The lowest BCUT2D eigenvalue weighted by Crippen LogP contribution is -2.28. The maximum atomic E-state index is 11.6. The third-order valence-electron chi connectivity index (χ3n) is 3.49. The molecule has 0 aliphatic carbocycles. The first-order valence-corrected chi connectivity index (χ1v) is 9.25. The molecule has 0 aliphatic rings. The standard InChI is InChI=1S/C16H27NO2S/c1-4-20(18,19)12-8-11-16(13-17-14(2)3)15-9-6-5-7-10-15/h5-7,9-10,14,16-17H,4,8,11-13H2,1-3H3. The molecular formula is C16H27NO2S. The van der Waals surface area contributed by atoms with Crippen molar-refractivity contribution in [2.24, 2.45) is 0 Å². The predicted molar refractivity (Wildman–Crippen MR) is 85.9 cm³/mol. The molecule has 3 nitrogen and oxygen atoms in total. The van der Waals surface area contributed by atoms with Crippen molar-refractivity contribution in [2.45, 2.75) is 45.6 Å². The van der Waals surface area contributed by atoms with Gasteiger partial charge in [0.05, 0.1) is 5.75 Å². The molecule has 1 aromatic rings. The number of hydrogen-bond donors (Lipinski definition) is 1. The normalized spacial score (nSPS) is 13.6. The van der Waals surface area contributed by atoms with Crippen LogP contribution in [0.15, 0.2) is 30.3 Å². The van der Waals surface area contributed by atoms with Crippen LogP contribution in [-0.2, 0) is 9.84 Å². The number of nitrogens with one attached hydrogen (secondary N) is 1. The molecule has 1 atom stereocenters. The van der Waals surface area contributed by atoms with E-state index in [2.05, 4.69) is 31.3 Å². The molecule has 0 amide bonds. The minimum atomic E-state index is -2.85. The second kappa shape index (κ2) is 8.42. The molecule has 20 heavy (non-hydrogen) atoms. The van der Waals surface area contributed by atoms with Gasteiger partial charge < -0.3 is 5.32 Å². The van der Waals surface area contributed by atoms with Crippen LogP contribution in [0.1, 0.15) is 45.1 Å². The summed E-state index contributed by atoms with van der Waals surface area (Å²) in [6.07, 6.45) is 1.64. The summed E-state index contributed by atoms with van der Waals surface area (Å²) in [7, 11) is -2.85. The molecule has 0 aromatic heterocycles. The maximum Gasteiger partial charge on any atom is 0.150 e. The van der Waals surface area contributed by atoms with Crippen molar-refractivity contribution in [3.8, 4) is 0 Å². The van der Waals surface area contributed by atoms with Gasteiger partial charge in [-0.15, -0.1) is 0 Å². The van der Waals surface area contributed by atoms with Gasteiger partial charge in [0.25, 0.3) is 0 Å². The fourth-order valence-corrected chi connectivity index (χ4v) is 3.08. The molecule has 0 saturated heterocycles. The lowest BCUT2D eigenvalue weighted by molar-refractivity contribution is 0.503. The van der Waals surface area contributed by atoms with Crippen LogP contribution >= 0.6 is 0 Å². The van der Waals surface area contributed by atoms with Crippen LogP contribution in [0, 0.1) is 0 Å². The minimum Gasteiger partial charge on any atom is -0.314 e. The van der Waals surface area contributed by atoms with E-state index in [0.29, 0.717) is 17.7 Å². The lowest BCUT2D eigenvalue weighted by atomic mass is 9.94. The van der Waals surface area contributed by atoms with Crippen molar-refractivity contribution in [2.75, 3.05) is 18.1 Å². The van der Waals surface area contributed by atoms with Crippen LogP contribution in [0.4, 0.5) is 0 Å². The zero-order chi connectivity index (χ0) is 15.0. The summed E-state index contributed by atoms with van der Waals surface area (Å²) in [4.78, 5) is 0. The molecule has 1 aromatic carbocycles. The second-order valence-electron chi connectivity index (χ2n) is 5.55. The molecule has 0 bridgehead atoms. The van der Waals surface area contributed by atoms with E-state index < -0.39 is 9.84 Å². The summed E-state index contributed by atoms with van der Waals surface area (Å²) in [6, 6.07) is 10.8. The molecule has 0 fully saturated rings. The van der Waals surface area contributed by atoms with Gasteiger partial charge in [0.15, 0.2) is 0 Å². The number of sulfone groups is 1. The third-order valence-corrected chi connectivity index (χ3v) is 5.28. The Hall–Kier alpha value is -0.870. The van der Waals surface area contributed by atoms with Crippen LogP contribution < -0.4 is 5.32 Å². The number of rotatable bonds is 9. The van der Waals surface area contributed by atoms with Gasteiger partial charge in [-0.3, -0.25) is 0 Å². The third kappa shape index (κ3) is 6.53. The van der Waals surface area contributed by atoms with E-state index >= 15 is 0 Å². The number of hydrogen-bond acceptors (Lipinski definition) is 3. The highest BCUT2D eigenvalue weighted by Gasteiger charge is 2.14. The van der Waals surface area contributed by atoms with Crippen LogP contribution in [0.2, 0.25) is 0 Å². The monoisotopic (exact) mass is 297 g/mol.